The third-order valence-corrected chi connectivity index (χ3v) is 5.98. The van der Waals surface area contributed by atoms with Crippen molar-refractivity contribution in [2.45, 2.75) is 26.0 Å². The molecule has 1 saturated carbocycles. The fraction of sp³-hybridized carbons (Fsp3) is 0.259. The molecule has 0 aliphatic heterocycles. The number of hydrogen-bond acceptors (Lipinski definition) is 9. The lowest BCUT2D eigenvalue weighted by atomic mass is 10.1. The number of amides is 1. The van der Waals surface area contributed by atoms with Gasteiger partial charge in [-0.2, -0.15) is 5.10 Å². The van der Waals surface area contributed by atoms with Crippen LogP contribution in [0.25, 0.3) is 11.4 Å². The van der Waals surface area contributed by atoms with Gasteiger partial charge in [0.05, 0.1) is 43.8 Å². The van der Waals surface area contributed by atoms with Crippen molar-refractivity contribution in [2.24, 2.45) is 5.92 Å². The van der Waals surface area contributed by atoms with Crippen LogP contribution >= 0.6 is 0 Å². The Labute approximate surface area is 219 Å². The molecule has 1 fully saturated rings. The smallest absolute Gasteiger partial charge is 0.228 e. The van der Waals surface area contributed by atoms with E-state index < -0.39 is 0 Å². The minimum Gasteiger partial charge on any atom is -0.494 e. The number of aldehydes is 1. The lowest BCUT2D eigenvalue weighted by Gasteiger charge is -2.15. The Morgan fingerprint density at radius 2 is 1.95 bits per heavy atom. The van der Waals surface area contributed by atoms with Crippen LogP contribution in [0.2, 0.25) is 0 Å². The first-order valence-electron chi connectivity index (χ1n) is 12.2. The largest absolute Gasteiger partial charge is 0.494 e. The van der Waals surface area contributed by atoms with Gasteiger partial charge < -0.3 is 20.1 Å². The number of aromatic nitrogens is 5. The molecule has 5 rings (SSSR count). The molecule has 0 bridgehead atoms. The molecule has 1 aliphatic carbocycles. The van der Waals surface area contributed by atoms with Crippen molar-refractivity contribution >= 4 is 29.4 Å². The van der Waals surface area contributed by atoms with E-state index in [4.69, 9.17) is 9.47 Å². The van der Waals surface area contributed by atoms with Gasteiger partial charge in [0.15, 0.2) is 23.7 Å². The van der Waals surface area contributed by atoms with E-state index in [0.29, 0.717) is 54.6 Å². The van der Waals surface area contributed by atoms with E-state index in [2.05, 4.69) is 30.9 Å². The maximum absolute atomic E-state index is 12.1. The second-order valence-electron chi connectivity index (χ2n) is 8.79. The van der Waals surface area contributed by atoms with Crippen molar-refractivity contribution in [2.75, 3.05) is 24.4 Å². The molecule has 2 aromatic heterocycles. The number of carbonyl (C=O) groups is 2. The molecule has 38 heavy (non-hydrogen) atoms. The lowest BCUT2D eigenvalue weighted by molar-refractivity contribution is -0.117. The number of benzene rings is 2. The topological polar surface area (TPSA) is 133 Å². The van der Waals surface area contributed by atoms with Crippen molar-refractivity contribution in [1.29, 1.82) is 0 Å². The average Bonchev–Trinajstić information content (AvgIpc) is 3.70. The van der Waals surface area contributed by atoms with Crippen LogP contribution in [0, 0.1) is 5.92 Å². The summed E-state index contributed by atoms with van der Waals surface area (Å²) in [5, 5.41) is 18.4. The van der Waals surface area contributed by atoms with Crippen molar-refractivity contribution in [3.63, 3.8) is 0 Å². The first kappa shape index (κ1) is 25.0. The maximum Gasteiger partial charge on any atom is 0.228 e. The van der Waals surface area contributed by atoms with Crippen molar-refractivity contribution < 1.29 is 19.1 Å². The highest BCUT2D eigenvalue weighted by atomic mass is 16.5. The Kier molecular flexibility index (Phi) is 7.65. The molecule has 2 aromatic carbocycles. The highest BCUT2D eigenvalue weighted by molar-refractivity contribution is 5.94. The van der Waals surface area contributed by atoms with E-state index >= 15 is 0 Å². The number of rotatable bonds is 12. The zero-order chi connectivity index (χ0) is 26.3. The fourth-order valence-corrected chi connectivity index (χ4v) is 3.85. The average molecular weight is 514 g/mol. The number of nitrogens with zero attached hydrogens (tertiary/aromatic N) is 5. The summed E-state index contributed by atoms with van der Waals surface area (Å²) in [7, 11) is 1.55. The van der Waals surface area contributed by atoms with Gasteiger partial charge in [-0.1, -0.05) is 36.4 Å². The molecule has 2 N–H and O–H groups in total. The molecule has 2 heterocycles. The summed E-state index contributed by atoms with van der Waals surface area (Å²) in [4.78, 5) is 28.2. The summed E-state index contributed by atoms with van der Waals surface area (Å²) in [6, 6.07) is 17.0. The number of carbonyl (C=O) groups excluding carboxylic acids is 2. The normalized spacial score (nSPS) is 12.7. The van der Waals surface area contributed by atoms with Gasteiger partial charge in [0, 0.05) is 12.0 Å². The van der Waals surface area contributed by atoms with Crippen LogP contribution in [-0.2, 0) is 22.7 Å². The van der Waals surface area contributed by atoms with E-state index in [1.165, 1.54) is 0 Å². The van der Waals surface area contributed by atoms with Crippen molar-refractivity contribution in [3.8, 4) is 17.1 Å². The molecule has 1 aliphatic rings. The number of ether oxygens (including phenoxy) is 2. The Morgan fingerprint density at radius 3 is 2.71 bits per heavy atom. The molecular formula is C27H27N7O4. The molecule has 194 valence electrons. The quantitative estimate of drug-likeness (QED) is 0.214. The Morgan fingerprint density at radius 1 is 1.11 bits per heavy atom. The molecule has 1 amide bonds. The van der Waals surface area contributed by atoms with Gasteiger partial charge in [0.25, 0.3) is 0 Å². The predicted octanol–water partition coefficient (Wildman–Crippen LogP) is 3.87. The standard InChI is InChI=1S/C27H27N7O4/c1-37-25-20(26-28-17-34(33-26)12-13-38-16-18-6-3-2-4-7-18)8-5-9-21(25)29-22-14-24(32-31-23(22)15-35)30-27(36)19-10-11-19/h2-9,14-15,17,19H,10-13,16H2,1H3,(H2,29,30,32,36). The summed E-state index contributed by atoms with van der Waals surface area (Å²) in [6.45, 7) is 1.56. The highest BCUT2D eigenvalue weighted by Gasteiger charge is 2.30. The number of anilines is 3. The second kappa shape index (κ2) is 11.6. The van der Waals surface area contributed by atoms with Gasteiger partial charge in [-0.25, -0.2) is 4.98 Å². The van der Waals surface area contributed by atoms with Gasteiger partial charge in [-0.3, -0.25) is 14.3 Å². The molecule has 0 atom stereocenters. The summed E-state index contributed by atoms with van der Waals surface area (Å²) in [5.74, 6) is 1.14. The Balaban J connectivity index is 1.30. The van der Waals surface area contributed by atoms with Gasteiger partial charge in [0.2, 0.25) is 5.91 Å². The third kappa shape index (κ3) is 6.01. The van der Waals surface area contributed by atoms with Crippen LogP contribution in [0.4, 0.5) is 17.2 Å². The minimum absolute atomic E-state index is 0.0125. The van der Waals surface area contributed by atoms with Crippen LogP contribution < -0.4 is 15.4 Å². The molecule has 0 saturated heterocycles. The first-order valence-corrected chi connectivity index (χ1v) is 12.2. The maximum atomic E-state index is 12.1. The summed E-state index contributed by atoms with van der Waals surface area (Å²) in [6.07, 6.45) is 3.98. The SMILES string of the molecule is COc1c(Nc2cc(NC(=O)C3CC3)nnc2C=O)cccc1-c1ncn(CCOCc2ccccc2)n1. The van der Waals surface area contributed by atoms with Crippen LogP contribution in [-0.4, -0.2) is 50.9 Å². The van der Waals surface area contributed by atoms with Gasteiger partial charge in [-0.05, 0) is 30.5 Å². The third-order valence-electron chi connectivity index (χ3n) is 5.98. The van der Waals surface area contributed by atoms with Crippen LogP contribution in [0.15, 0.2) is 60.9 Å². The molecule has 0 radical (unpaired) electrons. The van der Waals surface area contributed by atoms with Gasteiger partial charge in [-0.15, -0.1) is 10.2 Å². The Hall–Kier alpha value is -4.64. The first-order chi connectivity index (χ1) is 18.6. The number of nitrogens with one attached hydrogen (secondary N) is 2. The monoisotopic (exact) mass is 513 g/mol. The zero-order valence-corrected chi connectivity index (χ0v) is 20.8. The van der Waals surface area contributed by atoms with E-state index in [1.807, 2.05) is 42.5 Å². The minimum atomic E-state index is -0.101. The fourth-order valence-electron chi connectivity index (χ4n) is 3.85. The molecule has 4 aromatic rings. The van der Waals surface area contributed by atoms with E-state index in [0.717, 1.165) is 18.4 Å². The highest BCUT2D eigenvalue weighted by Crippen LogP contribution is 2.37. The van der Waals surface area contributed by atoms with E-state index in [9.17, 15) is 9.59 Å². The predicted molar refractivity (Wildman–Crippen MR) is 140 cm³/mol. The van der Waals surface area contributed by atoms with Crippen molar-refractivity contribution in [3.05, 3.63) is 72.2 Å². The molecular weight excluding hydrogens is 486 g/mol. The lowest BCUT2D eigenvalue weighted by Crippen LogP contribution is -2.15. The van der Waals surface area contributed by atoms with E-state index in [-0.39, 0.29) is 23.3 Å². The summed E-state index contributed by atoms with van der Waals surface area (Å²) >= 11 is 0. The molecule has 0 unspecified atom stereocenters. The Bertz CT molecular complexity index is 1420. The molecule has 11 nitrogen and oxygen atoms in total. The molecule has 11 heteroatoms. The van der Waals surface area contributed by atoms with Gasteiger partial charge in [0.1, 0.15) is 12.0 Å². The van der Waals surface area contributed by atoms with Gasteiger partial charge >= 0.3 is 0 Å². The number of hydrogen-bond donors (Lipinski definition) is 2. The second-order valence-corrected chi connectivity index (χ2v) is 8.79. The summed E-state index contributed by atoms with van der Waals surface area (Å²) in [5.41, 5.74) is 2.83. The summed E-state index contributed by atoms with van der Waals surface area (Å²) < 4.78 is 13.2. The number of para-hydroxylation sites is 1. The molecule has 0 spiro atoms. The number of methoxy groups -OCH3 is 1. The van der Waals surface area contributed by atoms with Crippen LogP contribution in [0.3, 0.4) is 0 Å². The zero-order valence-electron chi connectivity index (χ0n) is 20.8. The van der Waals surface area contributed by atoms with E-state index in [1.54, 1.807) is 30.3 Å². The van der Waals surface area contributed by atoms with Crippen molar-refractivity contribution in [1.82, 2.24) is 25.0 Å². The van der Waals surface area contributed by atoms with Crippen LogP contribution in [0.1, 0.15) is 28.9 Å². The van der Waals surface area contributed by atoms with Crippen LogP contribution in [0.5, 0.6) is 5.75 Å².